The summed E-state index contributed by atoms with van der Waals surface area (Å²) in [6.45, 7) is 2.68. The minimum absolute atomic E-state index is 0.541. The predicted molar refractivity (Wildman–Crippen MR) is 45.6 cm³/mol. The number of hydrogen-bond acceptors (Lipinski definition) is 5. The van der Waals surface area contributed by atoms with Gasteiger partial charge in [0.05, 0.1) is 6.61 Å². The molecule has 1 rings (SSSR count). The molecule has 12 heavy (non-hydrogen) atoms. The van der Waals surface area contributed by atoms with Gasteiger partial charge in [-0.2, -0.15) is 0 Å². The van der Waals surface area contributed by atoms with Crippen LogP contribution >= 0.6 is 0 Å². The highest BCUT2D eigenvalue weighted by Crippen LogP contribution is 2.09. The first kappa shape index (κ1) is 8.73. The van der Waals surface area contributed by atoms with Crippen LogP contribution in [0.2, 0.25) is 0 Å². The number of anilines is 1. The Bertz CT molecular complexity index is 241. The van der Waals surface area contributed by atoms with E-state index in [9.17, 15) is 0 Å². The molecule has 5 heteroatoms. The Morgan fingerprint density at radius 2 is 2.42 bits per heavy atom. The second-order valence-corrected chi connectivity index (χ2v) is 2.23. The van der Waals surface area contributed by atoms with E-state index in [0.29, 0.717) is 18.3 Å². The van der Waals surface area contributed by atoms with Crippen LogP contribution in [0.3, 0.4) is 0 Å². The zero-order valence-corrected chi connectivity index (χ0v) is 6.95. The maximum absolute atomic E-state index is 5.25. The largest absolute Gasteiger partial charge is 0.478 e. The van der Waals surface area contributed by atoms with Gasteiger partial charge in [0.15, 0.2) is 0 Å². The highest BCUT2D eigenvalue weighted by atomic mass is 16.5. The highest BCUT2D eigenvalue weighted by Gasteiger charge is 1.96. The predicted octanol–water partition coefficient (Wildman–Crippen LogP) is 0.551. The molecule has 0 saturated heterocycles. The van der Waals surface area contributed by atoms with Gasteiger partial charge >= 0.3 is 0 Å². The standard InChI is InChI=1S/C7H12N4O/c1-2-3-12-7-4-6(11-8)9-5-10-7/h4-5H,2-3,8H2,1H3,(H,9,10,11). The fraction of sp³-hybridized carbons (Fsp3) is 0.429. The lowest BCUT2D eigenvalue weighted by molar-refractivity contribution is 0.305. The molecule has 0 aliphatic carbocycles. The van der Waals surface area contributed by atoms with Gasteiger partial charge in [-0.3, -0.25) is 0 Å². The SMILES string of the molecule is CCCOc1cc(NN)ncn1. The van der Waals surface area contributed by atoms with Crippen LogP contribution in [-0.4, -0.2) is 16.6 Å². The number of hydrazine groups is 1. The van der Waals surface area contributed by atoms with Crippen LogP contribution in [-0.2, 0) is 0 Å². The lowest BCUT2D eigenvalue weighted by atomic mass is 10.5. The lowest BCUT2D eigenvalue weighted by Crippen LogP contribution is -2.09. The topological polar surface area (TPSA) is 73.1 Å². The molecule has 1 aromatic rings. The van der Waals surface area contributed by atoms with E-state index >= 15 is 0 Å². The van der Waals surface area contributed by atoms with Crippen LogP contribution in [0, 0.1) is 0 Å². The van der Waals surface area contributed by atoms with Crippen molar-refractivity contribution in [1.29, 1.82) is 0 Å². The van der Waals surface area contributed by atoms with E-state index in [1.807, 2.05) is 6.92 Å². The van der Waals surface area contributed by atoms with Gasteiger partial charge in [-0.05, 0) is 6.42 Å². The summed E-state index contributed by atoms with van der Waals surface area (Å²) in [6, 6.07) is 1.65. The van der Waals surface area contributed by atoms with Crippen molar-refractivity contribution >= 4 is 5.82 Å². The zero-order valence-electron chi connectivity index (χ0n) is 6.95. The fourth-order valence-electron chi connectivity index (χ4n) is 0.704. The van der Waals surface area contributed by atoms with Crippen LogP contribution in [0.5, 0.6) is 5.88 Å². The molecule has 66 valence electrons. The molecule has 0 saturated carbocycles. The van der Waals surface area contributed by atoms with Crippen molar-refractivity contribution in [3.63, 3.8) is 0 Å². The van der Waals surface area contributed by atoms with Gasteiger partial charge in [-0.1, -0.05) is 6.92 Å². The van der Waals surface area contributed by atoms with Gasteiger partial charge in [0, 0.05) is 6.07 Å². The zero-order chi connectivity index (χ0) is 8.81. The van der Waals surface area contributed by atoms with Crippen molar-refractivity contribution in [2.24, 2.45) is 5.84 Å². The lowest BCUT2D eigenvalue weighted by Gasteiger charge is -2.03. The average Bonchev–Trinajstić information content (AvgIpc) is 2.15. The minimum Gasteiger partial charge on any atom is -0.478 e. The van der Waals surface area contributed by atoms with Crippen molar-refractivity contribution in [3.05, 3.63) is 12.4 Å². The van der Waals surface area contributed by atoms with Crippen LogP contribution in [0.4, 0.5) is 5.82 Å². The number of rotatable bonds is 4. The number of hydrogen-bond donors (Lipinski definition) is 2. The molecule has 1 heterocycles. The molecule has 0 unspecified atom stereocenters. The molecule has 0 atom stereocenters. The number of aromatic nitrogens is 2. The number of nitrogens with one attached hydrogen (secondary N) is 1. The maximum Gasteiger partial charge on any atom is 0.218 e. The molecule has 0 fully saturated rings. The van der Waals surface area contributed by atoms with Gasteiger partial charge < -0.3 is 10.2 Å². The summed E-state index contributed by atoms with van der Waals surface area (Å²) in [7, 11) is 0. The third-order valence-corrected chi connectivity index (χ3v) is 1.24. The highest BCUT2D eigenvalue weighted by molar-refractivity contribution is 5.35. The summed E-state index contributed by atoms with van der Waals surface area (Å²) >= 11 is 0. The molecule has 0 aliphatic rings. The Morgan fingerprint density at radius 3 is 3.08 bits per heavy atom. The molecule has 0 aromatic carbocycles. The summed E-state index contributed by atoms with van der Waals surface area (Å²) in [6.07, 6.45) is 2.36. The van der Waals surface area contributed by atoms with E-state index in [0.717, 1.165) is 6.42 Å². The van der Waals surface area contributed by atoms with E-state index < -0.39 is 0 Å². The first-order valence-corrected chi connectivity index (χ1v) is 3.78. The third-order valence-electron chi connectivity index (χ3n) is 1.24. The van der Waals surface area contributed by atoms with Gasteiger partial charge in [0.1, 0.15) is 12.1 Å². The number of nitrogens with two attached hydrogens (primary N) is 1. The van der Waals surface area contributed by atoms with E-state index in [1.54, 1.807) is 6.07 Å². The number of nitrogens with zero attached hydrogens (tertiary/aromatic N) is 2. The summed E-state index contributed by atoms with van der Waals surface area (Å²) in [5, 5.41) is 0. The van der Waals surface area contributed by atoms with Crippen LogP contribution in [0.15, 0.2) is 12.4 Å². The van der Waals surface area contributed by atoms with Gasteiger partial charge in [-0.25, -0.2) is 15.8 Å². The summed E-state index contributed by atoms with van der Waals surface area (Å²) in [4.78, 5) is 7.73. The first-order chi connectivity index (χ1) is 5.86. The van der Waals surface area contributed by atoms with Crippen molar-refractivity contribution in [2.75, 3.05) is 12.0 Å². The smallest absolute Gasteiger partial charge is 0.218 e. The molecule has 5 nitrogen and oxygen atoms in total. The van der Waals surface area contributed by atoms with Crippen molar-refractivity contribution in [3.8, 4) is 5.88 Å². The maximum atomic E-state index is 5.25. The Balaban J connectivity index is 2.60. The van der Waals surface area contributed by atoms with Crippen molar-refractivity contribution in [1.82, 2.24) is 9.97 Å². The molecule has 0 amide bonds. The van der Waals surface area contributed by atoms with Gasteiger partial charge in [0.2, 0.25) is 5.88 Å². The number of ether oxygens (including phenoxy) is 1. The number of nitrogen functional groups attached to an aromatic ring is 1. The van der Waals surface area contributed by atoms with E-state index in [2.05, 4.69) is 15.4 Å². The van der Waals surface area contributed by atoms with Crippen LogP contribution in [0.25, 0.3) is 0 Å². The molecule has 0 bridgehead atoms. The fourth-order valence-corrected chi connectivity index (χ4v) is 0.704. The van der Waals surface area contributed by atoms with Gasteiger partial charge in [0.25, 0.3) is 0 Å². The molecule has 1 aromatic heterocycles. The summed E-state index contributed by atoms with van der Waals surface area (Å²) < 4.78 is 5.25. The second kappa shape index (κ2) is 4.50. The summed E-state index contributed by atoms with van der Waals surface area (Å²) in [5.74, 6) is 6.24. The Hall–Kier alpha value is -1.36. The van der Waals surface area contributed by atoms with Crippen LogP contribution < -0.4 is 16.0 Å². The molecule has 0 aliphatic heterocycles. The molecule has 0 radical (unpaired) electrons. The minimum atomic E-state index is 0.541. The van der Waals surface area contributed by atoms with Crippen LogP contribution in [0.1, 0.15) is 13.3 Å². The van der Waals surface area contributed by atoms with Gasteiger partial charge in [-0.15, -0.1) is 0 Å². The van der Waals surface area contributed by atoms with E-state index in [-0.39, 0.29) is 0 Å². The van der Waals surface area contributed by atoms with E-state index in [1.165, 1.54) is 6.33 Å². The molecular formula is C7H12N4O. The monoisotopic (exact) mass is 168 g/mol. The second-order valence-electron chi connectivity index (χ2n) is 2.23. The summed E-state index contributed by atoms with van der Waals surface area (Å²) in [5.41, 5.74) is 2.41. The Morgan fingerprint density at radius 1 is 1.58 bits per heavy atom. The molecule has 3 N–H and O–H groups in total. The Kier molecular flexibility index (Phi) is 3.28. The average molecular weight is 168 g/mol. The normalized spacial score (nSPS) is 9.50. The molecule has 0 spiro atoms. The van der Waals surface area contributed by atoms with Crippen molar-refractivity contribution in [2.45, 2.75) is 13.3 Å². The first-order valence-electron chi connectivity index (χ1n) is 3.78. The van der Waals surface area contributed by atoms with Crippen molar-refractivity contribution < 1.29 is 4.74 Å². The van der Waals surface area contributed by atoms with E-state index in [4.69, 9.17) is 10.6 Å². The Labute approximate surface area is 70.9 Å². The third kappa shape index (κ3) is 2.35. The quantitative estimate of drug-likeness (QED) is 0.507. The molecular weight excluding hydrogens is 156 g/mol.